The molecule has 2 aromatic rings. The fourth-order valence-electron chi connectivity index (χ4n) is 2.35. The molecule has 98 valence electrons. The summed E-state index contributed by atoms with van der Waals surface area (Å²) in [7, 11) is 1.74. The molecule has 19 heavy (non-hydrogen) atoms. The summed E-state index contributed by atoms with van der Waals surface area (Å²) < 4.78 is 5.39. The lowest BCUT2D eigenvalue weighted by Crippen LogP contribution is -2.40. The molecule has 0 saturated heterocycles. The molecule has 0 fully saturated rings. The molecule has 0 saturated carbocycles. The Morgan fingerprint density at radius 1 is 1.42 bits per heavy atom. The topological polar surface area (TPSA) is 45.5 Å². The maximum absolute atomic E-state index is 12.4. The van der Waals surface area contributed by atoms with Crippen LogP contribution in [0, 0.1) is 6.92 Å². The number of rotatable bonds is 1. The summed E-state index contributed by atoms with van der Waals surface area (Å²) in [5.74, 6) is 0.636. The lowest BCUT2D eigenvalue weighted by Gasteiger charge is -2.34. The first-order valence-electron chi connectivity index (χ1n) is 5.95. The maximum atomic E-state index is 12.4. The SMILES string of the molecule is Cc1cc(Cl)cc2c1NC(c1ccco1)N(C)C2=O. The van der Waals surface area contributed by atoms with Crippen molar-refractivity contribution in [1.29, 1.82) is 0 Å². The number of benzene rings is 1. The van der Waals surface area contributed by atoms with Crippen LogP contribution in [-0.2, 0) is 0 Å². The summed E-state index contributed by atoms with van der Waals surface area (Å²) in [6.45, 7) is 1.93. The van der Waals surface area contributed by atoms with E-state index in [-0.39, 0.29) is 12.1 Å². The first-order chi connectivity index (χ1) is 9.08. The molecule has 1 N–H and O–H groups in total. The van der Waals surface area contributed by atoms with Crippen molar-refractivity contribution >= 4 is 23.2 Å². The Hall–Kier alpha value is -1.94. The van der Waals surface area contributed by atoms with Crippen molar-refractivity contribution in [3.63, 3.8) is 0 Å². The van der Waals surface area contributed by atoms with Gasteiger partial charge in [0.05, 0.1) is 17.5 Å². The van der Waals surface area contributed by atoms with Crippen molar-refractivity contribution < 1.29 is 9.21 Å². The fourth-order valence-corrected chi connectivity index (χ4v) is 2.63. The minimum atomic E-state index is -0.296. The van der Waals surface area contributed by atoms with Gasteiger partial charge < -0.3 is 14.6 Å². The molecular weight excluding hydrogens is 264 g/mol. The molecular formula is C14H13ClN2O2. The number of amides is 1. The van der Waals surface area contributed by atoms with Crippen LogP contribution in [0.5, 0.6) is 0 Å². The number of carbonyl (C=O) groups excluding carboxylic acids is 1. The van der Waals surface area contributed by atoms with E-state index in [2.05, 4.69) is 5.32 Å². The first-order valence-corrected chi connectivity index (χ1v) is 6.33. The standard InChI is InChI=1S/C14H13ClN2O2/c1-8-6-9(15)7-10-12(8)16-13(17(2)14(10)18)11-4-3-5-19-11/h3-7,13,16H,1-2H3. The maximum Gasteiger partial charge on any atom is 0.257 e. The largest absolute Gasteiger partial charge is 0.465 e. The fraction of sp³-hybridized carbons (Fsp3) is 0.214. The van der Waals surface area contributed by atoms with Crippen molar-refractivity contribution in [3.05, 3.63) is 52.4 Å². The molecule has 0 bridgehead atoms. The normalized spacial score (nSPS) is 18.2. The molecule has 1 aliphatic rings. The van der Waals surface area contributed by atoms with Gasteiger partial charge >= 0.3 is 0 Å². The highest BCUT2D eigenvalue weighted by atomic mass is 35.5. The van der Waals surface area contributed by atoms with Gasteiger partial charge in [-0.2, -0.15) is 0 Å². The van der Waals surface area contributed by atoms with E-state index >= 15 is 0 Å². The third-order valence-corrected chi connectivity index (χ3v) is 3.55. The Labute approximate surface area is 116 Å². The molecule has 1 aromatic carbocycles. The Morgan fingerprint density at radius 2 is 2.21 bits per heavy atom. The van der Waals surface area contributed by atoms with Crippen LogP contribution < -0.4 is 5.32 Å². The highest BCUT2D eigenvalue weighted by molar-refractivity contribution is 6.31. The number of nitrogens with one attached hydrogen (secondary N) is 1. The van der Waals surface area contributed by atoms with Crippen LogP contribution >= 0.6 is 11.6 Å². The summed E-state index contributed by atoms with van der Waals surface area (Å²) in [6, 6.07) is 7.18. The second-order valence-corrected chi connectivity index (χ2v) is 5.06. The zero-order chi connectivity index (χ0) is 13.6. The monoisotopic (exact) mass is 276 g/mol. The quantitative estimate of drug-likeness (QED) is 0.868. The number of hydrogen-bond acceptors (Lipinski definition) is 3. The Morgan fingerprint density at radius 3 is 2.89 bits per heavy atom. The highest BCUT2D eigenvalue weighted by Gasteiger charge is 2.32. The van der Waals surface area contributed by atoms with Crippen molar-refractivity contribution in [2.75, 3.05) is 12.4 Å². The van der Waals surface area contributed by atoms with Gasteiger partial charge in [-0.15, -0.1) is 0 Å². The van der Waals surface area contributed by atoms with E-state index in [1.165, 1.54) is 0 Å². The number of furan rings is 1. The average Bonchev–Trinajstić information content (AvgIpc) is 2.88. The zero-order valence-electron chi connectivity index (χ0n) is 10.6. The third-order valence-electron chi connectivity index (χ3n) is 3.33. The lowest BCUT2D eigenvalue weighted by atomic mass is 10.0. The highest BCUT2D eigenvalue weighted by Crippen LogP contribution is 2.35. The van der Waals surface area contributed by atoms with E-state index < -0.39 is 0 Å². The summed E-state index contributed by atoms with van der Waals surface area (Å²) in [4.78, 5) is 14.0. The average molecular weight is 277 g/mol. The van der Waals surface area contributed by atoms with Crippen LogP contribution in [0.4, 0.5) is 5.69 Å². The van der Waals surface area contributed by atoms with Gasteiger partial charge in [-0.05, 0) is 36.8 Å². The summed E-state index contributed by atoms with van der Waals surface area (Å²) in [6.07, 6.45) is 1.30. The molecule has 0 spiro atoms. The van der Waals surface area contributed by atoms with Gasteiger partial charge in [0, 0.05) is 12.1 Å². The smallest absolute Gasteiger partial charge is 0.257 e. The second kappa shape index (κ2) is 4.31. The van der Waals surface area contributed by atoms with Gasteiger partial charge in [0.1, 0.15) is 5.76 Å². The molecule has 1 amide bonds. The number of halogens is 1. The molecule has 3 rings (SSSR count). The van der Waals surface area contributed by atoms with Crippen LogP contribution in [0.25, 0.3) is 0 Å². The number of aryl methyl sites for hydroxylation is 1. The Bertz CT molecular complexity index is 637. The van der Waals surface area contributed by atoms with Crippen molar-refractivity contribution in [2.24, 2.45) is 0 Å². The molecule has 1 atom stereocenters. The van der Waals surface area contributed by atoms with Gasteiger partial charge in [-0.25, -0.2) is 0 Å². The van der Waals surface area contributed by atoms with Crippen molar-refractivity contribution in [1.82, 2.24) is 4.90 Å². The Kier molecular flexibility index (Phi) is 2.75. The van der Waals surface area contributed by atoms with Crippen LogP contribution in [-0.4, -0.2) is 17.9 Å². The summed E-state index contributed by atoms with van der Waals surface area (Å²) in [5.41, 5.74) is 2.35. The molecule has 1 aromatic heterocycles. The zero-order valence-corrected chi connectivity index (χ0v) is 11.4. The van der Waals surface area contributed by atoms with E-state index in [4.69, 9.17) is 16.0 Å². The minimum Gasteiger partial charge on any atom is -0.465 e. The van der Waals surface area contributed by atoms with E-state index in [1.807, 2.05) is 19.1 Å². The van der Waals surface area contributed by atoms with E-state index in [0.29, 0.717) is 16.3 Å². The van der Waals surface area contributed by atoms with Crippen LogP contribution in [0.15, 0.2) is 34.9 Å². The molecule has 4 nitrogen and oxygen atoms in total. The van der Waals surface area contributed by atoms with Crippen LogP contribution in [0.2, 0.25) is 5.02 Å². The second-order valence-electron chi connectivity index (χ2n) is 4.62. The number of fused-ring (bicyclic) bond motifs is 1. The first kappa shape index (κ1) is 12.1. The van der Waals surface area contributed by atoms with Gasteiger partial charge in [0.2, 0.25) is 0 Å². The van der Waals surface area contributed by atoms with Gasteiger partial charge in [-0.3, -0.25) is 4.79 Å². The number of hydrogen-bond donors (Lipinski definition) is 1. The predicted molar refractivity (Wildman–Crippen MR) is 73.4 cm³/mol. The summed E-state index contributed by atoms with van der Waals surface area (Å²) >= 11 is 6.01. The van der Waals surface area contributed by atoms with E-state index in [9.17, 15) is 4.79 Å². The molecule has 2 heterocycles. The van der Waals surface area contributed by atoms with E-state index in [0.717, 1.165) is 11.3 Å². The minimum absolute atomic E-state index is 0.0687. The predicted octanol–water partition coefficient (Wildman–Crippen LogP) is 3.44. The molecule has 1 aliphatic heterocycles. The van der Waals surface area contributed by atoms with Crippen molar-refractivity contribution in [3.8, 4) is 0 Å². The molecule has 0 radical (unpaired) electrons. The third kappa shape index (κ3) is 1.88. The molecule has 0 aliphatic carbocycles. The molecule has 1 unspecified atom stereocenters. The van der Waals surface area contributed by atoms with E-state index in [1.54, 1.807) is 30.3 Å². The van der Waals surface area contributed by atoms with Crippen LogP contribution in [0.3, 0.4) is 0 Å². The van der Waals surface area contributed by atoms with Gasteiger partial charge in [0.25, 0.3) is 5.91 Å². The summed E-state index contributed by atoms with van der Waals surface area (Å²) in [5, 5.41) is 3.89. The van der Waals surface area contributed by atoms with Crippen molar-refractivity contribution in [2.45, 2.75) is 13.1 Å². The number of nitrogens with zero attached hydrogens (tertiary/aromatic N) is 1. The van der Waals surface area contributed by atoms with Gasteiger partial charge in [-0.1, -0.05) is 11.6 Å². The molecule has 5 heteroatoms. The number of carbonyl (C=O) groups is 1. The van der Waals surface area contributed by atoms with Crippen LogP contribution in [0.1, 0.15) is 27.8 Å². The number of anilines is 1. The Balaban J connectivity index is 2.11. The van der Waals surface area contributed by atoms with Gasteiger partial charge in [0.15, 0.2) is 6.17 Å². The lowest BCUT2D eigenvalue weighted by molar-refractivity contribution is 0.0718.